The average Bonchev–Trinajstić information content (AvgIpc) is 2.81. The first-order valence-electron chi connectivity index (χ1n) is 10.7. The number of rotatable bonds is 5. The van der Waals surface area contributed by atoms with Crippen molar-refractivity contribution in [3.05, 3.63) is 53.1 Å². The maximum absolute atomic E-state index is 13.3. The number of amides is 1. The highest BCUT2D eigenvalue weighted by Gasteiger charge is 2.39. The van der Waals surface area contributed by atoms with Crippen LogP contribution < -0.4 is 9.46 Å². The van der Waals surface area contributed by atoms with E-state index in [2.05, 4.69) is 4.72 Å². The number of esters is 1. The van der Waals surface area contributed by atoms with Crippen LogP contribution >= 0.6 is 11.6 Å². The molecule has 1 N–H and O–H groups in total. The molecule has 0 aromatic heterocycles. The first-order chi connectivity index (χ1) is 16.2. The van der Waals surface area contributed by atoms with Gasteiger partial charge in [0, 0.05) is 12.7 Å². The van der Waals surface area contributed by atoms with Gasteiger partial charge >= 0.3 is 5.97 Å². The summed E-state index contributed by atoms with van der Waals surface area (Å²) in [6, 6.07) is 10.4. The number of likely N-dealkylation sites (N-methyl/N-ethyl adjacent to an activating group) is 1. The van der Waals surface area contributed by atoms with Crippen molar-refractivity contribution in [1.82, 2.24) is 4.90 Å². The lowest BCUT2D eigenvalue weighted by molar-refractivity contribution is -0.151. The van der Waals surface area contributed by atoms with E-state index in [1.54, 1.807) is 30.1 Å². The van der Waals surface area contributed by atoms with Crippen LogP contribution in [0.5, 0.6) is 5.75 Å². The van der Waals surface area contributed by atoms with E-state index in [9.17, 15) is 18.0 Å². The standard InChI is InChI=1S/C23H25ClN2O7S/c1-26-18-9-8-15(12-22(27)31-2)33-20(18)13-32-19-10-7-14(11-16(19)23(26)28)25-34(29,30)21-6-4-3-5-17(21)24/h3-7,10-11,15,18,20,25H,8-9,12-13H2,1-2H3/t15-,18-,20+/m1/s1. The van der Waals surface area contributed by atoms with Crippen LogP contribution in [-0.2, 0) is 24.3 Å². The smallest absolute Gasteiger partial charge is 0.308 e. The molecule has 1 saturated heterocycles. The van der Waals surface area contributed by atoms with Crippen molar-refractivity contribution in [2.45, 2.75) is 42.4 Å². The summed E-state index contributed by atoms with van der Waals surface area (Å²) in [6.07, 6.45) is 0.651. The molecule has 2 heterocycles. The van der Waals surface area contributed by atoms with Gasteiger partial charge in [-0.2, -0.15) is 0 Å². The highest BCUT2D eigenvalue weighted by atomic mass is 35.5. The summed E-state index contributed by atoms with van der Waals surface area (Å²) in [5.74, 6) is -0.357. The number of benzene rings is 2. The lowest BCUT2D eigenvalue weighted by atomic mass is 9.94. The molecule has 2 aromatic rings. The first kappa shape index (κ1) is 24.3. The van der Waals surface area contributed by atoms with E-state index >= 15 is 0 Å². The minimum absolute atomic E-state index is 0.0631. The SMILES string of the molecule is COC(=O)C[C@H]1CC[C@@H]2[C@H](COc3ccc(NS(=O)(=O)c4ccccc4Cl)cc3C(=O)N2C)O1. The van der Waals surface area contributed by atoms with Gasteiger partial charge in [0.15, 0.2) is 0 Å². The number of halogens is 1. The molecule has 0 aliphatic carbocycles. The van der Waals surface area contributed by atoms with E-state index in [0.29, 0.717) is 18.6 Å². The fourth-order valence-electron chi connectivity index (χ4n) is 4.23. The summed E-state index contributed by atoms with van der Waals surface area (Å²) in [6.45, 7) is 0.178. The van der Waals surface area contributed by atoms with Gasteiger partial charge < -0.3 is 19.1 Å². The van der Waals surface area contributed by atoms with Gasteiger partial charge in [-0.3, -0.25) is 14.3 Å². The number of sulfonamides is 1. The van der Waals surface area contributed by atoms with Gasteiger partial charge in [-0.15, -0.1) is 0 Å². The van der Waals surface area contributed by atoms with Crippen molar-refractivity contribution in [3.63, 3.8) is 0 Å². The second-order valence-electron chi connectivity index (χ2n) is 8.20. The Bertz CT molecular complexity index is 1200. The van der Waals surface area contributed by atoms with Crippen molar-refractivity contribution < 1.29 is 32.2 Å². The molecular formula is C23H25ClN2O7S. The number of nitrogens with zero attached hydrogens (tertiary/aromatic N) is 1. The third kappa shape index (κ3) is 4.98. The highest BCUT2D eigenvalue weighted by Crippen LogP contribution is 2.33. The second kappa shape index (κ2) is 9.81. The molecule has 2 aliphatic heterocycles. The fourth-order valence-corrected chi connectivity index (χ4v) is 5.80. The minimum atomic E-state index is -3.96. The highest BCUT2D eigenvalue weighted by molar-refractivity contribution is 7.92. The molecule has 2 aromatic carbocycles. The Morgan fingerprint density at radius 2 is 2.00 bits per heavy atom. The van der Waals surface area contributed by atoms with Crippen molar-refractivity contribution in [2.75, 3.05) is 25.5 Å². The molecular weight excluding hydrogens is 484 g/mol. The van der Waals surface area contributed by atoms with Gasteiger partial charge in [0.25, 0.3) is 15.9 Å². The molecule has 1 fully saturated rings. The van der Waals surface area contributed by atoms with Gasteiger partial charge in [0.2, 0.25) is 0 Å². The summed E-state index contributed by atoms with van der Waals surface area (Å²) >= 11 is 6.05. The number of carbonyl (C=O) groups is 2. The lowest BCUT2D eigenvalue weighted by Gasteiger charge is -2.42. The van der Waals surface area contributed by atoms with E-state index < -0.39 is 16.1 Å². The van der Waals surface area contributed by atoms with Gasteiger partial charge in [0.1, 0.15) is 23.4 Å². The second-order valence-corrected chi connectivity index (χ2v) is 10.3. The third-order valence-electron chi connectivity index (χ3n) is 6.01. The van der Waals surface area contributed by atoms with Gasteiger partial charge in [-0.05, 0) is 43.2 Å². The fraction of sp³-hybridized carbons (Fsp3) is 0.391. The zero-order valence-electron chi connectivity index (χ0n) is 18.7. The number of fused-ring (bicyclic) bond motifs is 2. The predicted octanol–water partition coefficient (Wildman–Crippen LogP) is 3.08. The summed E-state index contributed by atoms with van der Waals surface area (Å²) in [5.41, 5.74) is 0.441. The monoisotopic (exact) mass is 508 g/mol. The zero-order valence-corrected chi connectivity index (χ0v) is 20.3. The maximum atomic E-state index is 13.3. The van der Waals surface area contributed by atoms with Crippen molar-refractivity contribution in [3.8, 4) is 5.75 Å². The molecule has 1 amide bonds. The normalized spacial score (nSPS) is 22.5. The van der Waals surface area contributed by atoms with Crippen molar-refractivity contribution in [2.24, 2.45) is 0 Å². The Balaban J connectivity index is 1.56. The summed E-state index contributed by atoms with van der Waals surface area (Å²) in [4.78, 5) is 26.5. The molecule has 0 radical (unpaired) electrons. The summed E-state index contributed by atoms with van der Waals surface area (Å²) < 4.78 is 44.8. The molecule has 0 saturated carbocycles. The van der Waals surface area contributed by atoms with Gasteiger partial charge in [-0.1, -0.05) is 23.7 Å². The molecule has 11 heteroatoms. The van der Waals surface area contributed by atoms with Crippen LogP contribution in [0.15, 0.2) is 47.4 Å². The molecule has 3 atom stereocenters. The molecule has 0 unspecified atom stereocenters. The molecule has 182 valence electrons. The Labute approximate surface area is 203 Å². The molecule has 0 bridgehead atoms. The Morgan fingerprint density at radius 3 is 2.74 bits per heavy atom. The van der Waals surface area contributed by atoms with Crippen LogP contribution in [0, 0.1) is 0 Å². The van der Waals surface area contributed by atoms with E-state index in [-0.39, 0.29) is 58.2 Å². The number of ether oxygens (including phenoxy) is 3. The average molecular weight is 509 g/mol. The molecule has 9 nitrogen and oxygen atoms in total. The summed E-state index contributed by atoms with van der Waals surface area (Å²) in [5, 5.41) is 0.0919. The van der Waals surface area contributed by atoms with Crippen LogP contribution in [0.3, 0.4) is 0 Å². The Kier molecular flexibility index (Phi) is 7.01. The summed E-state index contributed by atoms with van der Waals surface area (Å²) in [7, 11) is -0.948. The first-order valence-corrected chi connectivity index (χ1v) is 12.6. The molecule has 0 spiro atoms. The third-order valence-corrected chi connectivity index (χ3v) is 7.89. The Morgan fingerprint density at radius 1 is 1.24 bits per heavy atom. The maximum Gasteiger partial charge on any atom is 0.308 e. The van der Waals surface area contributed by atoms with E-state index in [4.69, 9.17) is 25.8 Å². The lowest BCUT2D eigenvalue weighted by Crippen LogP contribution is -2.53. The van der Waals surface area contributed by atoms with Crippen molar-refractivity contribution in [1.29, 1.82) is 0 Å². The van der Waals surface area contributed by atoms with Crippen LogP contribution in [0.2, 0.25) is 5.02 Å². The number of methoxy groups -OCH3 is 1. The van der Waals surface area contributed by atoms with E-state index in [1.165, 1.54) is 31.4 Å². The van der Waals surface area contributed by atoms with Gasteiger partial charge in [0.05, 0.1) is 36.3 Å². The minimum Gasteiger partial charge on any atom is -0.490 e. The molecule has 34 heavy (non-hydrogen) atoms. The number of hydrogen-bond donors (Lipinski definition) is 1. The number of nitrogens with one attached hydrogen (secondary N) is 1. The van der Waals surface area contributed by atoms with E-state index in [1.807, 2.05) is 0 Å². The number of hydrogen-bond acceptors (Lipinski definition) is 7. The van der Waals surface area contributed by atoms with Gasteiger partial charge in [-0.25, -0.2) is 8.42 Å². The topological polar surface area (TPSA) is 111 Å². The number of anilines is 1. The van der Waals surface area contributed by atoms with Crippen molar-refractivity contribution >= 4 is 39.2 Å². The largest absolute Gasteiger partial charge is 0.490 e. The quantitative estimate of drug-likeness (QED) is 0.618. The van der Waals surface area contributed by atoms with Crippen LogP contribution in [0.1, 0.15) is 29.6 Å². The van der Waals surface area contributed by atoms with Crippen LogP contribution in [-0.4, -0.2) is 64.2 Å². The molecule has 4 rings (SSSR count). The predicted molar refractivity (Wildman–Crippen MR) is 125 cm³/mol. The van der Waals surface area contributed by atoms with Crippen LogP contribution in [0.25, 0.3) is 0 Å². The number of carbonyl (C=O) groups excluding carboxylic acids is 2. The zero-order chi connectivity index (χ0) is 24.5. The van der Waals surface area contributed by atoms with E-state index in [0.717, 1.165) is 0 Å². The van der Waals surface area contributed by atoms with Crippen LogP contribution in [0.4, 0.5) is 5.69 Å². The molecule has 2 aliphatic rings. The Hall–Kier alpha value is -2.82.